The Labute approximate surface area is 164 Å². The van der Waals surface area contributed by atoms with Crippen LogP contribution < -0.4 is 15.4 Å². The normalized spacial score (nSPS) is 18.2. The summed E-state index contributed by atoms with van der Waals surface area (Å²) in [6.45, 7) is 1.43. The van der Waals surface area contributed by atoms with E-state index in [4.69, 9.17) is 16.3 Å². The van der Waals surface area contributed by atoms with Gasteiger partial charge in [0.1, 0.15) is 5.75 Å². The van der Waals surface area contributed by atoms with Gasteiger partial charge in [-0.25, -0.2) is 4.98 Å². The second kappa shape index (κ2) is 6.68. The lowest BCUT2D eigenvalue weighted by Crippen LogP contribution is -2.56. The molecule has 1 atom stereocenters. The predicted molar refractivity (Wildman–Crippen MR) is 105 cm³/mol. The molecular weight excluding hydrogens is 386 g/mol. The van der Waals surface area contributed by atoms with E-state index in [1.807, 2.05) is 17.5 Å². The highest BCUT2D eigenvalue weighted by Gasteiger charge is 2.47. The fourth-order valence-electron chi connectivity index (χ4n) is 2.62. The van der Waals surface area contributed by atoms with Crippen molar-refractivity contribution in [3.8, 4) is 17.0 Å². The Morgan fingerprint density at radius 2 is 1.96 bits per heavy atom. The lowest BCUT2D eigenvalue weighted by atomic mass is 10.0. The standard InChI is InChI=1S/C19H14ClN3O3S/c1-19(16(24)21-13-4-2-3-5-15(13)26-19)17(25)23-18-22-14(10-27-18)11-6-8-12(20)9-7-11/h2-10H,1H3,(H,21,24)(H,22,23,25). The second-order valence-corrected chi connectivity index (χ2v) is 7.38. The van der Waals surface area contributed by atoms with Gasteiger partial charge in [-0.05, 0) is 31.2 Å². The van der Waals surface area contributed by atoms with E-state index in [9.17, 15) is 9.59 Å². The van der Waals surface area contributed by atoms with E-state index in [0.29, 0.717) is 27.3 Å². The minimum Gasteiger partial charge on any atom is -0.466 e. The second-order valence-electron chi connectivity index (χ2n) is 6.08. The Bertz CT molecular complexity index is 1030. The van der Waals surface area contributed by atoms with Gasteiger partial charge in [0, 0.05) is 16.0 Å². The Morgan fingerprint density at radius 3 is 2.74 bits per heavy atom. The molecule has 1 aliphatic rings. The van der Waals surface area contributed by atoms with Gasteiger partial charge in [0.2, 0.25) is 0 Å². The zero-order valence-corrected chi connectivity index (χ0v) is 15.7. The molecule has 0 saturated carbocycles. The number of nitrogens with zero attached hydrogens (tertiary/aromatic N) is 1. The molecule has 1 unspecified atom stereocenters. The van der Waals surface area contributed by atoms with Gasteiger partial charge >= 0.3 is 0 Å². The molecule has 4 rings (SSSR count). The fraction of sp³-hybridized carbons (Fsp3) is 0.105. The number of para-hydroxylation sites is 2. The number of ether oxygens (including phenoxy) is 1. The number of hydrogen-bond acceptors (Lipinski definition) is 5. The summed E-state index contributed by atoms with van der Waals surface area (Å²) < 4.78 is 5.71. The van der Waals surface area contributed by atoms with E-state index in [-0.39, 0.29) is 0 Å². The van der Waals surface area contributed by atoms with Crippen LogP contribution in [0, 0.1) is 0 Å². The van der Waals surface area contributed by atoms with Gasteiger partial charge in [-0.15, -0.1) is 11.3 Å². The van der Waals surface area contributed by atoms with Crippen LogP contribution in [0.1, 0.15) is 6.92 Å². The third kappa shape index (κ3) is 3.27. The molecule has 27 heavy (non-hydrogen) atoms. The number of benzene rings is 2. The SMILES string of the molecule is CC1(C(=O)Nc2nc(-c3ccc(Cl)cc3)cs2)Oc2ccccc2NC1=O. The molecule has 2 heterocycles. The van der Waals surface area contributed by atoms with Crippen LogP contribution in [0.15, 0.2) is 53.9 Å². The van der Waals surface area contributed by atoms with Gasteiger partial charge in [0.25, 0.3) is 17.4 Å². The zero-order chi connectivity index (χ0) is 19.0. The third-order valence-corrected chi connectivity index (χ3v) is 5.19. The van der Waals surface area contributed by atoms with Gasteiger partial charge in [0.15, 0.2) is 5.13 Å². The van der Waals surface area contributed by atoms with Crippen molar-refractivity contribution in [1.82, 2.24) is 4.98 Å². The highest BCUT2D eigenvalue weighted by Crippen LogP contribution is 2.34. The largest absolute Gasteiger partial charge is 0.466 e. The van der Waals surface area contributed by atoms with Gasteiger partial charge in [-0.1, -0.05) is 35.9 Å². The molecule has 136 valence electrons. The van der Waals surface area contributed by atoms with Crippen LogP contribution >= 0.6 is 22.9 Å². The molecule has 1 aliphatic heterocycles. The first kappa shape index (κ1) is 17.5. The number of amides is 2. The summed E-state index contributed by atoms with van der Waals surface area (Å²) in [5.74, 6) is -0.685. The summed E-state index contributed by atoms with van der Waals surface area (Å²) in [6.07, 6.45) is 0. The summed E-state index contributed by atoms with van der Waals surface area (Å²) >= 11 is 7.16. The maximum absolute atomic E-state index is 12.8. The first-order valence-electron chi connectivity index (χ1n) is 8.08. The molecule has 2 N–H and O–H groups in total. The Kier molecular flexibility index (Phi) is 4.33. The molecule has 2 aromatic carbocycles. The molecule has 2 amide bonds. The minimum atomic E-state index is -1.69. The zero-order valence-electron chi connectivity index (χ0n) is 14.2. The summed E-state index contributed by atoms with van der Waals surface area (Å²) in [5, 5.41) is 8.20. The number of thiazole rings is 1. The van der Waals surface area contributed by atoms with Gasteiger partial charge in [-0.2, -0.15) is 0 Å². The average molecular weight is 400 g/mol. The van der Waals surface area contributed by atoms with Crippen molar-refractivity contribution in [3.05, 3.63) is 58.9 Å². The summed E-state index contributed by atoms with van der Waals surface area (Å²) in [4.78, 5) is 29.6. The Hall–Kier alpha value is -2.90. The molecule has 0 fully saturated rings. The predicted octanol–water partition coefficient (Wildman–Crippen LogP) is 4.19. The maximum Gasteiger partial charge on any atom is 0.280 e. The molecule has 3 aromatic rings. The number of carbonyl (C=O) groups is 2. The van der Waals surface area contributed by atoms with Gasteiger partial charge < -0.3 is 10.1 Å². The highest BCUT2D eigenvalue weighted by atomic mass is 35.5. The molecule has 0 bridgehead atoms. The van der Waals surface area contributed by atoms with E-state index in [0.717, 1.165) is 5.56 Å². The fourth-order valence-corrected chi connectivity index (χ4v) is 3.46. The number of hydrogen-bond donors (Lipinski definition) is 2. The molecule has 1 aromatic heterocycles. The van der Waals surface area contributed by atoms with Crippen molar-refractivity contribution in [2.75, 3.05) is 10.6 Å². The van der Waals surface area contributed by atoms with Crippen LogP contribution in [0.3, 0.4) is 0 Å². The number of halogens is 1. The lowest BCUT2D eigenvalue weighted by molar-refractivity contribution is -0.143. The summed E-state index contributed by atoms with van der Waals surface area (Å²) in [5.41, 5.74) is 0.423. The molecule has 0 radical (unpaired) electrons. The minimum absolute atomic E-state index is 0.376. The van der Waals surface area contributed by atoms with Crippen molar-refractivity contribution in [3.63, 3.8) is 0 Å². The first-order valence-corrected chi connectivity index (χ1v) is 9.34. The molecule has 0 spiro atoms. The molecular formula is C19H14ClN3O3S. The number of rotatable bonds is 3. The van der Waals surface area contributed by atoms with Crippen LogP contribution in [0.4, 0.5) is 10.8 Å². The van der Waals surface area contributed by atoms with Gasteiger partial charge in [0.05, 0.1) is 11.4 Å². The molecule has 6 nitrogen and oxygen atoms in total. The van der Waals surface area contributed by atoms with E-state index < -0.39 is 17.4 Å². The topological polar surface area (TPSA) is 80.3 Å². The van der Waals surface area contributed by atoms with E-state index in [1.165, 1.54) is 18.3 Å². The summed E-state index contributed by atoms with van der Waals surface area (Å²) in [7, 11) is 0. The van der Waals surface area contributed by atoms with Crippen LogP contribution in [0.5, 0.6) is 5.75 Å². The van der Waals surface area contributed by atoms with Crippen LogP contribution in [-0.2, 0) is 9.59 Å². The molecule has 0 saturated heterocycles. The Morgan fingerprint density at radius 1 is 1.22 bits per heavy atom. The van der Waals surface area contributed by atoms with E-state index in [2.05, 4.69) is 15.6 Å². The third-order valence-electron chi connectivity index (χ3n) is 4.18. The highest BCUT2D eigenvalue weighted by molar-refractivity contribution is 7.14. The number of anilines is 2. The number of aromatic nitrogens is 1. The number of carbonyl (C=O) groups excluding carboxylic acids is 2. The summed E-state index contributed by atoms with van der Waals surface area (Å²) in [6, 6.07) is 14.2. The van der Waals surface area contributed by atoms with Crippen molar-refractivity contribution < 1.29 is 14.3 Å². The van der Waals surface area contributed by atoms with Crippen molar-refractivity contribution in [2.24, 2.45) is 0 Å². The number of fused-ring (bicyclic) bond motifs is 1. The van der Waals surface area contributed by atoms with E-state index in [1.54, 1.807) is 36.4 Å². The van der Waals surface area contributed by atoms with Crippen molar-refractivity contribution in [2.45, 2.75) is 12.5 Å². The molecule has 0 aliphatic carbocycles. The van der Waals surface area contributed by atoms with Gasteiger partial charge in [-0.3, -0.25) is 14.9 Å². The lowest BCUT2D eigenvalue weighted by Gasteiger charge is -2.32. The van der Waals surface area contributed by atoms with Crippen LogP contribution in [-0.4, -0.2) is 22.4 Å². The van der Waals surface area contributed by atoms with Crippen molar-refractivity contribution in [1.29, 1.82) is 0 Å². The monoisotopic (exact) mass is 399 g/mol. The van der Waals surface area contributed by atoms with E-state index >= 15 is 0 Å². The quantitative estimate of drug-likeness (QED) is 0.647. The molecule has 8 heteroatoms. The van der Waals surface area contributed by atoms with Crippen LogP contribution in [0.25, 0.3) is 11.3 Å². The average Bonchev–Trinajstić information content (AvgIpc) is 3.11. The Balaban J connectivity index is 1.54. The smallest absolute Gasteiger partial charge is 0.280 e. The van der Waals surface area contributed by atoms with Crippen LogP contribution in [0.2, 0.25) is 5.02 Å². The first-order chi connectivity index (χ1) is 13.0. The maximum atomic E-state index is 12.8. The number of nitrogens with one attached hydrogen (secondary N) is 2. The van der Waals surface area contributed by atoms with Crippen molar-refractivity contribution >= 4 is 45.6 Å².